The van der Waals surface area contributed by atoms with E-state index in [1.165, 1.54) is 13.2 Å². The molecule has 2 fully saturated rings. The zero-order valence-electron chi connectivity index (χ0n) is 21.7. The number of urea groups is 1. The van der Waals surface area contributed by atoms with Crippen molar-refractivity contribution in [2.24, 2.45) is 5.92 Å². The Kier molecular flexibility index (Phi) is 8.45. The largest absolute Gasteiger partial charge is 0.469 e. The van der Waals surface area contributed by atoms with Crippen molar-refractivity contribution in [1.82, 2.24) is 15.5 Å². The van der Waals surface area contributed by atoms with Crippen molar-refractivity contribution in [3.05, 3.63) is 70.8 Å². The quantitative estimate of drug-likeness (QED) is 0.404. The van der Waals surface area contributed by atoms with Crippen molar-refractivity contribution in [1.29, 1.82) is 5.26 Å². The smallest absolute Gasteiger partial charge is 0.418 e. The molecule has 4 rings (SSSR count). The van der Waals surface area contributed by atoms with E-state index in [0.29, 0.717) is 19.3 Å². The summed E-state index contributed by atoms with van der Waals surface area (Å²) >= 11 is 0. The maximum atomic E-state index is 13.7. The molecule has 3 amide bonds. The molecule has 2 aliphatic rings. The third-order valence-electron chi connectivity index (χ3n) is 7.45. The van der Waals surface area contributed by atoms with E-state index < -0.39 is 47.1 Å². The van der Waals surface area contributed by atoms with Crippen LogP contribution in [0.25, 0.3) is 0 Å². The molecule has 2 N–H and O–H groups in total. The number of cyclic esters (lactones) is 1. The normalized spacial score (nSPS) is 24.5. The highest BCUT2D eigenvalue weighted by Gasteiger charge is 2.46. The number of aryl methyl sites for hydroxylation is 1. The Labute approximate surface area is 225 Å². The van der Waals surface area contributed by atoms with Crippen molar-refractivity contribution in [3.63, 3.8) is 0 Å². The standard InChI is InChI=1S/C28H30F2N4O5/c1-17-4-3-5-19(12-17)28(16-31)9-8-23(20(14-28)25(35)38-2)32-10-11-33-26(36)34-24(15-39-27(34)37)18-6-7-21(29)22(30)13-18/h3-7,12-13,20,23-24,32H,8-11,14-15H2,1-2H3,(H,33,36). The number of imide groups is 1. The van der Waals surface area contributed by atoms with Crippen LogP contribution in [0.2, 0.25) is 0 Å². The van der Waals surface area contributed by atoms with Gasteiger partial charge in [0.1, 0.15) is 12.6 Å². The molecule has 39 heavy (non-hydrogen) atoms. The number of halogens is 2. The molecule has 0 aromatic heterocycles. The molecule has 206 valence electrons. The zero-order valence-corrected chi connectivity index (χ0v) is 21.7. The highest BCUT2D eigenvalue weighted by Crippen LogP contribution is 2.42. The summed E-state index contributed by atoms with van der Waals surface area (Å²) in [4.78, 5) is 38.5. The lowest BCUT2D eigenvalue weighted by Crippen LogP contribution is -2.51. The van der Waals surface area contributed by atoms with Gasteiger partial charge in [0.25, 0.3) is 0 Å². The van der Waals surface area contributed by atoms with Gasteiger partial charge in [0, 0.05) is 19.1 Å². The van der Waals surface area contributed by atoms with Crippen LogP contribution in [-0.4, -0.2) is 55.8 Å². The summed E-state index contributed by atoms with van der Waals surface area (Å²) in [6, 6.07) is 11.4. The number of ether oxygens (including phenoxy) is 2. The molecular weight excluding hydrogens is 510 g/mol. The van der Waals surface area contributed by atoms with Crippen LogP contribution in [0.15, 0.2) is 42.5 Å². The van der Waals surface area contributed by atoms with Gasteiger partial charge >= 0.3 is 18.1 Å². The van der Waals surface area contributed by atoms with Gasteiger partial charge in [0.05, 0.1) is 24.5 Å². The molecule has 0 spiro atoms. The average molecular weight is 541 g/mol. The topological polar surface area (TPSA) is 121 Å². The highest BCUT2D eigenvalue weighted by atomic mass is 19.2. The van der Waals surface area contributed by atoms with Crippen LogP contribution in [-0.2, 0) is 19.7 Å². The summed E-state index contributed by atoms with van der Waals surface area (Å²) < 4.78 is 37.0. The predicted molar refractivity (Wildman–Crippen MR) is 135 cm³/mol. The van der Waals surface area contributed by atoms with Crippen molar-refractivity contribution in [2.75, 3.05) is 26.8 Å². The number of esters is 1. The van der Waals surface area contributed by atoms with Gasteiger partial charge in [-0.25, -0.2) is 23.3 Å². The van der Waals surface area contributed by atoms with E-state index >= 15 is 0 Å². The van der Waals surface area contributed by atoms with Gasteiger partial charge in [-0.05, 0) is 49.4 Å². The maximum absolute atomic E-state index is 13.7. The van der Waals surface area contributed by atoms with E-state index in [4.69, 9.17) is 9.47 Å². The van der Waals surface area contributed by atoms with Crippen molar-refractivity contribution >= 4 is 18.1 Å². The second kappa shape index (κ2) is 11.8. The van der Waals surface area contributed by atoms with E-state index in [0.717, 1.165) is 28.2 Å². The molecule has 9 nitrogen and oxygen atoms in total. The van der Waals surface area contributed by atoms with Gasteiger partial charge in [0.15, 0.2) is 11.6 Å². The van der Waals surface area contributed by atoms with Crippen LogP contribution in [0.1, 0.15) is 42.0 Å². The molecule has 1 heterocycles. The van der Waals surface area contributed by atoms with Gasteiger partial charge in [-0.3, -0.25) is 4.79 Å². The molecule has 1 aliphatic carbocycles. The van der Waals surface area contributed by atoms with Crippen molar-refractivity contribution in [2.45, 2.75) is 43.7 Å². The minimum atomic E-state index is -1.09. The van der Waals surface area contributed by atoms with E-state index in [2.05, 4.69) is 16.7 Å². The molecule has 4 unspecified atom stereocenters. The molecule has 2 aromatic carbocycles. The number of nitrogens with one attached hydrogen (secondary N) is 2. The first kappa shape index (κ1) is 28.0. The Balaban J connectivity index is 1.37. The number of methoxy groups -OCH3 is 1. The molecule has 0 radical (unpaired) electrons. The Bertz CT molecular complexity index is 1300. The number of rotatable bonds is 7. The lowest BCUT2D eigenvalue weighted by Gasteiger charge is -2.40. The summed E-state index contributed by atoms with van der Waals surface area (Å²) in [5, 5.41) is 16.0. The molecule has 11 heteroatoms. The van der Waals surface area contributed by atoms with E-state index in [-0.39, 0.29) is 31.3 Å². The van der Waals surface area contributed by atoms with Crippen LogP contribution in [0.4, 0.5) is 18.4 Å². The van der Waals surface area contributed by atoms with Crippen molar-refractivity contribution in [3.8, 4) is 6.07 Å². The Hall–Kier alpha value is -4.04. The van der Waals surface area contributed by atoms with E-state index in [9.17, 15) is 28.4 Å². The van der Waals surface area contributed by atoms with E-state index in [1.807, 2.05) is 31.2 Å². The molecule has 0 bridgehead atoms. The van der Waals surface area contributed by atoms with Gasteiger partial charge in [-0.1, -0.05) is 35.9 Å². The predicted octanol–water partition coefficient (Wildman–Crippen LogP) is 3.87. The number of hydrogen-bond donors (Lipinski definition) is 2. The molecular formula is C28H30F2N4O5. The fraction of sp³-hybridized carbons (Fsp3) is 0.429. The highest BCUT2D eigenvalue weighted by molar-refractivity contribution is 5.92. The molecule has 1 aliphatic heterocycles. The Morgan fingerprint density at radius 2 is 2.00 bits per heavy atom. The number of benzene rings is 2. The fourth-order valence-corrected chi connectivity index (χ4v) is 5.36. The minimum Gasteiger partial charge on any atom is -0.469 e. The minimum absolute atomic E-state index is 0.110. The molecule has 2 aromatic rings. The summed E-state index contributed by atoms with van der Waals surface area (Å²) in [5.41, 5.74) is 1.31. The number of carbonyl (C=O) groups excluding carboxylic acids is 3. The zero-order chi connectivity index (χ0) is 28.2. The van der Waals surface area contributed by atoms with Crippen LogP contribution < -0.4 is 10.6 Å². The fourth-order valence-electron chi connectivity index (χ4n) is 5.36. The van der Waals surface area contributed by atoms with Gasteiger partial charge in [0.2, 0.25) is 0 Å². The number of carbonyl (C=O) groups is 3. The van der Waals surface area contributed by atoms with Gasteiger partial charge < -0.3 is 20.1 Å². The molecule has 4 atom stereocenters. The molecule has 1 saturated carbocycles. The first-order valence-corrected chi connectivity index (χ1v) is 12.7. The second-order valence-electron chi connectivity index (χ2n) is 9.86. The number of amides is 3. The van der Waals surface area contributed by atoms with Gasteiger partial charge in [-0.2, -0.15) is 5.26 Å². The summed E-state index contributed by atoms with van der Waals surface area (Å²) in [6.07, 6.45) is 0.475. The Morgan fingerprint density at radius 3 is 2.69 bits per heavy atom. The second-order valence-corrected chi connectivity index (χ2v) is 9.86. The summed E-state index contributed by atoms with van der Waals surface area (Å²) in [7, 11) is 1.31. The third-order valence-corrected chi connectivity index (χ3v) is 7.45. The first-order chi connectivity index (χ1) is 18.7. The van der Waals surface area contributed by atoms with E-state index in [1.54, 1.807) is 0 Å². The van der Waals surface area contributed by atoms with Crippen LogP contribution in [0, 0.1) is 35.8 Å². The lowest BCUT2D eigenvalue weighted by molar-refractivity contribution is -0.148. The SMILES string of the molecule is COC(=O)C1CC(C#N)(c2cccc(C)c2)CCC1NCCNC(=O)N1C(=O)OCC1c1ccc(F)c(F)c1. The van der Waals surface area contributed by atoms with Crippen LogP contribution in [0.5, 0.6) is 0 Å². The number of nitrogens with zero attached hydrogens (tertiary/aromatic N) is 2. The maximum Gasteiger partial charge on any atom is 0.418 e. The van der Waals surface area contributed by atoms with Gasteiger partial charge in [-0.15, -0.1) is 0 Å². The summed E-state index contributed by atoms with van der Waals surface area (Å²) in [6.45, 7) is 2.15. The lowest BCUT2D eigenvalue weighted by atomic mass is 9.65. The van der Waals surface area contributed by atoms with Crippen LogP contribution >= 0.6 is 0 Å². The molecule has 1 saturated heterocycles. The van der Waals surface area contributed by atoms with Crippen LogP contribution in [0.3, 0.4) is 0 Å². The number of hydrogen-bond acceptors (Lipinski definition) is 7. The average Bonchev–Trinajstić information content (AvgIpc) is 3.33. The monoisotopic (exact) mass is 540 g/mol. The van der Waals surface area contributed by atoms with Crippen molar-refractivity contribution < 1.29 is 32.6 Å². The first-order valence-electron chi connectivity index (χ1n) is 12.7. The third kappa shape index (κ3) is 5.86. The Morgan fingerprint density at radius 1 is 1.21 bits per heavy atom. The summed E-state index contributed by atoms with van der Waals surface area (Å²) in [5.74, 6) is -3.12. The number of nitriles is 1.